The number of fused-ring (bicyclic) bond motifs is 1. The van der Waals surface area contributed by atoms with Gasteiger partial charge in [-0.2, -0.15) is 0 Å². The molecule has 0 saturated carbocycles. The van der Waals surface area contributed by atoms with Gasteiger partial charge in [0.1, 0.15) is 0 Å². The van der Waals surface area contributed by atoms with Gasteiger partial charge in [0.05, 0.1) is 6.54 Å². The van der Waals surface area contributed by atoms with Crippen molar-refractivity contribution in [3.63, 3.8) is 0 Å². The van der Waals surface area contributed by atoms with Crippen LogP contribution in [-0.2, 0) is 11.2 Å². The minimum absolute atomic E-state index is 0.166. The second-order valence-corrected chi connectivity index (χ2v) is 5.39. The van der Waals surface area contributed by atoms with Gasteiger partial charge in [0.25, 0.3) is 0 Å². The van der Waals surface area contributed by atoms with Crippen molar-refractivity contribution in [1.82, 2.24) is 9.80 Å². The molecule has 5 heteroatoms. The summed E-state index contributed by atoms with van der Waals surface area (Å²) in [6.07, 6.45) is 1.88. The molecule has 0 aliphatic carbocycles. The number of hydrogen-bond acceptors (Lipinski definition) is 4. The number of nitrogens with zero attached hydrogens (tertiary/aromatic N) is 2. The van der Waals surface area contributed by atoms with E-state index in [9.17, 15) is 9.59 Å². The van der Waals surface area contributed by atoms with Crippen molar-refractivity contribution in [3.05, 3.63) is 29.3 Å². The molecular formula is C15H19N3O2. The van der Waals surface area contributed by atoms with Crippen LogP contribution in [0.1, 0.15) is 15.9 Å². The number of anilines is 1. The standard InChI is InChI=1S/C15H19N3O2/c19-11-18-7-5-17(6-8-18)10-15(20)13-1-2-14-12(9-13)3-4-16-14/h1-2,9,11,16H,3-8,10H2. The number of rotatable bonds is 4. The maximum Gasteiger partial charge on any atom is 0.209 e. The van der Waals surface area contributed by atoms with Gasteiger partial charge in [0, 0.05) is 44.0 Å². The number of amides is 1. The molecule has 2 aliphatic heterocycles. The molecule has 20 heavy (non-hydrogen) atoms. The first-order valence-electron chi connectivity index (χ1n) is 7.08. The van der Waals surface area contributed by atoms with Crippen molar-refractivity contribution >= 4 is 17.9 Å². The molecule has 0 aromatic heterocycles. The number of hydrogen-bond donors (Lipinski definition) is 1. The van der Waals surface area contributed by atoms with E-state index in [1.54, 1.807) is 4.90 Å². The Kier molecular flexibility index (Phi) is 3.69. The summed E-state index contributed by atoms with van der Waals surface area (Å²) in [5, 5.41) is 3.30. The lowest BCUT2D eigenvalue weighted by Gasteiger charge is -2.31. The van der Waals surface area contributed by atoms with Crippen LogP contribution in [-0.4, -0.2) is 61.3 Å². The Hall–Kier alpha value is -1.88. The molecule has 2 aliphatic rings. The van der Waals surface area contributed by atoms with Crippen LogP contribution in [0, 0.1) is 0 Å². The topological polar surface area (TPSA) is 52.7 Å². The van der Waals surface area contributed by atoms with Crippen molar-refractivity contribution in [2.75, 3.05) is 44.6 Å². The van der Waals surface area contributed by atoms with Gasteiger partial charge < -0.3 is 10.2 Å². The van der Waals surface area contributed by atoms with E-state index in [4.69, 9.17) is 0 Å². The molecule has 0 spiro atoms. The lowest BCUT2D eigenvalue weighted by Crippen LogP contribution is -2.47. The molecule has 1 aromatic carbocycles. The maximum absolute atomic E-state index is 12.3. The first-order chi connectivity index (χ1) is 9.76. The predicted molar refractivity (Wildman–Crippen MR) is 77.0 cm³/mol. The first-order valence-corrected chi connectivity index (χ1v) is 7.08. The monoisotopic (exact) mass is 273 g/mol. The number of Topliss-reactive ketones (excluding diaryl/α,β-unsaturated/α-hetero) is 1. The third-order valence-corrected chi connectivity index (χ3v) is 4.06. The van der Waals surface area contributed by atoms with Crippen LogP contribution >= 0.6 is 0 Å². The number of nitrogens with one attached hydrogen (secondary N) is 1. The van der Waals surface area contributed by atoms with E-state index in [2.05, 4.69) is 10.2 Å². The average Bonchev–Trinajstić information content (AvgIpc) is 2.95. The predicted octanol–water partition coefficient (Wildman–Crippen LogP) is 0.611. The quantitative estimate of drug-likeness (QED) is 0.645. The molecular weight excluding hydrogens is 254 g/mol. The summed E-state index contributed by atoms with van der Waals surface area (Å²) >= 11 is 0. The molecule has 1 saturated heterocycles. The summed E-state index contributed by atoms with van der Waals surface area (Å²) in [6.45, 7) is 4.38. The molecule has 0 atom stereocenters. The molecule has 0 unspecified atom stereocenters. The Balaban J connectivity index is 1.61. The van der Waals surface area contributed by atoms with Crippen molar-refractivity contribution in [2.24, 2.45) is 0 Å². The molecule has 1 aromatic rings. The highest BCUT2D eigenvalue weighted by Gasteiger charge is 2.19. The van der Waals surface area contributed by atoms with Crippen LogP contribution in [0.15, 0.2) is 18.2 Å². The molecule has 3 rings (SSSR count). The maximum atomic E-state index is 12.3. The van der Waals surface area contributed by atoms with Gasteiger partial charge >= 0.3 is 0 Å². The number of piperazine rings is 1. The normalized spacial score (nSPS) is 18.5. The van der Waals surface area contributed by atoms with Gasteiger partial charge in [-0.25, -0.2) is 0 Å². The van der Waals surface area contributed by atoms with Crippen LogP contribution in [0.3, 0.4) is 0 Å². The smallest absolute Gasteiger partial charge is 0.209 e. The summed E-state index contributed by atoms with van der Waals surface area (Å²) < 4.78 is 0. The summed E-state index contributed by atoms with van der Waals surface area (Å²) in [5.74, 6) is 0.166. The Labute approximate surface area is 118 Å². The second kappa shape index (κ2) is 5.63. The third kappa shape index (κ3) is 2.67. The largest absolute Gasteiger partial charge is 0.384 e. The number of carbonyl (C=O) groups is 2. The van der Waals surface area contributed by atoms with Gasteiger partial charge in [-0.15, -0.1) is 0 Å². The third-order valence-electron chi connectivity index (χ3n) is 4.06. The van der Waals surface area contributed by atoms with E-state index < -0.39 is 0 Å². The Bertz CT molecular complexity index is 522. The zero-order valence-corrected chi connectivity index (χ0v) is 11.5. The van der Waals surface area contributed by atoms with E-state index in [0.29, 0.717) is 19.6 Å². The highest BCUT2D eigenvalue weighted by molar-refractivity contribution is 5.98. The zero-order valence-electron chi connectivity index (χ0n) is 11.5. The van der Waals surface area contributed by atoms with Crippen molar-refractivity contribution in [3.8, 4) is 0 Å². The van der Waals surface area contributed by atoms with Gasteiger partial charge in [-0.05, 0) is 30.2 Å². The van der Waals surface area contributed by atoms with Gasteiger partial charge in [0.15, 0.2) is 5.78 Å². The van der Waals surface area contributed by atoms with Crippen LogP contribution in [0.5, 0.6) is 0 Å². The van der Waals surface area contributed by atoms with Crippen molar-refractivity contribution < 1.29 is 9.59 Å². The van der Waals surface area contributed by atoms with E-state index in [1.165, 1.54) is 5.56 Å². The molecule has 1 amide bonds. The molecule has 5 nitrogen and oxygen atoms in total. The highest BCUT2D eigenvalue weighted by Crippen LogP contribution is 2.23. The summed E-state index contributed by atoms with van der Waals surface area (Å²) in [6, 6.07) is 5.92. The highest BCUT2D eigenvalue weighted by atomic mass is 16.1. The summed E-state index contributed by atoms with van der Waals surface area (Å²) in [7, 11) is 0. The molecule has 1 N–H and O–H groups in total. The van der Waals surface area contributed by atoms with Gasteiger partial charge in [-0.3, -0.25) is 14.5 Å². The SMILES string of the molecule is O=CN1CCN(CC(=O)c2ccc3c(c2)CCN3)CC1. The average molecular weight is 273 g/mol. The van der Waals surface area contributed by atoms with E-state index >= 15 is 0 Å². The summed E-state index contributed by atoms with van der Waals surface area (Å²) in [4.78, 5) is 26.8. The van der Waals surface area contributed by atoms with Gasteiger partial charge in [-0.1, -0.05) is 0 Å². The van der Waals surface area contributed by atoms with Crippen LogP contribution in [0.2, 0.25) is 0 Å². The van der Waals surface area contributed by atoms with Crippen LogP contribution in [0.4, 0.5) is 5.69 Å². The lowest BCUT2D eigenvalue weighted by atomic mass is 10.0. The lowest BCUT2D eigenvalue weighted by molar-refractivity contribution is -0.119. The van der Waals surface area contributed by atoms with Crippen molar-refractivity contribution in [2.45, 2.75) is 6.42 Å². The minimum atomic E-state index is 0.166. The molecule has 106 valence electrons. The minimum Gasteiger partial charge on any atom is -0.384 e. The van der Waals surface area contributed by atoms with Crippen LogP contribution < -0.4 is 5.32 Å². The Morgan fingerprint density at radius 3 is 2.80 bits per heavy atom. The molecule has 0 bridgehead atoms. The Morgan fingerprint density at radius 2 is 2.05 bits per heavy atom. The zero-order chi connectivity index (χ0) is 13.9. The number of carbonyl (C=O) groups excluding carboxylic acids is 2. The fourth-order valence-electron chi connectivity index (χ4n) is 2.80. The van der Waals surface area contributed by atoms with Gasteiger partial charge in [0.2, 0.25) is 6.41 Å². The second-order valence-electron chi connectivity index (χ2n) is 5.39. The molecule has 1 fully saturated rings. The van der Waals surface area contributed by atoms with Crippen molar-refractivity contribution in [1.29, 1.82) is 0 Å². The number of ketones is 1. The molecule has 0 radical (unpaired) electrons. The van der Waals surface area contributed by atoms with Crippen LogP contribution in [0.25, 0.3) is 0 Å². The first kappa shape index (κ1) is 13.1. The number of benzene rings is 1. The van der Waals surface area contributed by atoms with E-state index in [-0.39, 0.29) is 5.78 Å². The van der Waals surface area contributed by atoms with E-state index in [0.717, 1.165) is 43.7 Å². The fourth-order valence-corrected chi connectivity index (χ4v) is 2.80. The Morgan fingerprint density at radius 1 is 1.25 bits per heavy atom. The van der Waals surface area contributed by atoms with E-state index in [1.807, 2.05) is 18.2 Å². The summed E-state index contributed by atoms with van der Waals surface area (Å²) in [5.41, 5.74) is 3.19. The fraction of sp³-hybridized carbons (Fsp3) is 0.467. The molecule has 2 heterocycles.